The van der Waals surface area contributed by atoms with E-state index in [1.807, 2.05) is 0 Å². The molecule has 0 aliphatic rings. The van der Waals surface area contributed by atoms with Crippen molar-refractivity contribution in [3.63, 3.8) is 0 Å². The van der Waals surface area contributed by atoms with Crippen LogP contribution in [0.1, 0.15) is 239 Å². The summed E-state index contributed by atoms with van der Waals surface area (Å²) in [6, 6.07) is 0. The van der Waals surface area contributed by atoms with Crippen molar-refractivity contribution in [2.24, 2.45) is 0 Å². The largest absolute Gasteiger partial charge is 0.462 e. The minimum atomic E-state index is -0.774. The molecule has 0 amide bonds. The predicted molar refractivity (Wildman–Crippen MR) is 219 cm³/mol. The van der Waals surface area contributed by atoms with Crippen LogP contribution in [0.4, 0.5) is 0 Å². The van der Waals surface area contributed by atoms with Crippen LogP contribution in [-0.2, 0) is 19.1 Å². The molecule has 1 atom stereocenters. The number of carbonyl (C=O) groups is 2. The molecule has 0 bridgehead atoms. The first-order chi connectivity index (χ1) is 25.1. The van der Waals surface area contributed by atoms with E-state index in [2.05, 4.69) is 38.2 Å². The van der Waals surface area contributed by atoms with E-state index in [4.69, 9.17) is 9.47 Å². The first-order valence-corrected chi connectivity index (χ1v) is 22.4. The molecule has 51 heavy (non-hydrogen) atoms. The Bertz CT molecular complexity index is 776. The molecule has 0 aromatic carbocycles. The van der Waals surface area contributed by atoms with Gasteiger partial charge >= 0.3 is 11.9 Å². The number of rotatable bonds is 41. The normalized spacial score (nSPS) is 12.3. The van der Waals surface area contributed by atoms with Gasteiger partial charge in [-0.1, -0.05) is 212 Å². The summed E-state index contributed by atoms with van der Waals surface area (Å²) in [5, 5.41) is 9.56. The van der Waals surface area contributed by atoms with Gasteiger partial charge in [0.15, 0.2) is 6.10 Å². The van der Waals surface area contributed by atoms with E-state index >= 15 is 0 Å². The first-order valence-electron chi connectivity index (χ1n) is 22.4. The van der Waals surface area contributed by atoms with Crippen molar-refractivity contribution in [3.8, 4) is 0 Å². The van der Waals surface area contributed by atoms with Gasteiger partial charge in [0.05, 0.1) is 6.61 Å². The summed E-state index contributed by atoms with van der Waals surface area (Å²) < 4.78 is 10.6. The van der Waals surface area contributed by atoms with E-state index in [0.29, 0.717) is 12.8 Å². The summed E-state index contributed by atoms with van der Waals surface area (Å²) in [7, 11) is 0. The van der Waals surface area contributed by atoms with Crippen molar-refractivity contribution >= 4 is 11.9 Å². The number of hydrogen-bond acceptors (Lipinski definition) is 5. The lowest BCUT2D eigenvalue weighted by atomic mass is 10.0. The van der Waals surface area contributed by atoms with Crippen LogP contribution in [0.3, 0.4) is 0 Å². The third-order valence-corrected chi connectivity index (χ3v) is 9.98. The Morgan fingerprint density at radius 1 is 0.451 bits per heavy atom. The van der Waals surface area contributed by atoms with Crippen LogP contribution in [0.25, 0.3) is 0 Å². The molecular weight excluding hydrogens is 633 g/mol. The Balaban J connectivity index is 3.45. The fourth-order valence-corrected chi connectivity index (χ4v) is 6.59. The Morgan fingerprint density at radius 3 is 1.24 bits per heavy atom. The number of aliphatic hydroxyl groups is 1. The molecular formula is C46H86O5. The summed E-state index contributed by atoms with van der Waals surface area (Å²) in [4.78, 5) is 24.3. The van der Waals surface area contributed by atoms with E-state index in [1.165, 1.54) is 154 Å². The average molecular weight is 719 g/mol. The lowest BCUT2D eigenvalue weighted by Crippen LogP contribution is -2.28. The first kappa shape index (κ1) is 49.4. The third-order valence-electron chi connectivity index (χ3n) is 9.98. The average Bonchev–Trinajstić information content (AvgIpc) is 3.13. The number of aliphatic hydroxyl groups excluding tert-OH is 1. The van der Waals surface area contributed by atoms with Gasteiger partial charge in [-0.15, -0.1) is 0 Å². The summed E-state index contributed by atoms with van der Waals surface area (Å²) in [5.41, 5.74) is 0. The van der Waals surface area contributed by atoms with Gasteiger partial charge in [-0.05, 0) is 38.5 Å². The fourth-order valence-electron chi connectivity index (χ4n) is 6.59. The maximum absolute atomic E-state index is 12.2. The Morgan fingerprint density at radius 2 is 0.824 bits per heavy atom. The molecule has 0 heterocycles. The maximum atomic E-state index is 12.2. The summed E-state index contributed by atoms with van der Waals surface area (Å²) >= 11 is 0. The molecule has 300 valence electrons. The van der Waals surface area contributed by atoms with Gasteiger partial charge in [0, 0.05) is 12.8 Å². The van der Waals surface area contributed by atoms with Gasteiger partial charge in [-0.25, -0.2) is 0 Å². The van der Waals surface area contributed by atoms with E-state index < -0.39 is 6.10 Å². The highest BCUT2D eigenvalue weighted by Gasteiger charge is 2.16. The molecule has 5 heteroatoms. The zero-order chi connectivity index (χ0) is 37.1. The topological polar surface area (TPSA) is 72.8 Å². The number of unbranched alkanes of at least 4 members (excludes halogenated alkanes) is 29. The molecule has 0 saturated carbocycles. The zero-order valence-electron chi connectivity index (χ0n) is 34.1. The van der Waals surface area contributed by atoms with Gasteiger partial charge in [-0.3, -0.25) is 9.59 Å². The highest BCUT2D eigenvalue weighted by Crippen LogP contribution is 2.16. The molecule has 0 spiro atoms. The highest BCUT2D eigenvalue weighted by molar-refractivity contribution is 5.70. The van der Waals surface area contributed by atoms with E-state index in [9.17, 15) is 14.7 Å². The van der Waals surface area contributed by atoms with Crippen molar-refractivity contribution < 1.29 is 24.2 Å². The third kappa shape index (κ3) is 41.0. The number of hydrogen-bond donors (Lipinski definition) is 1. The van der Waals surface area contributed by atoms with Gasteiger partial charge in [-0.2, -0.15) is 0 Å². The minimum Gasteiger partial charge on any atom is -0.462 e. The molecule has 0 aliphatic heterocycles. The van der Waals surface area contributed by atoms with Crippen molar-refractivity contribution in [1.29, 1.82) is 0 Å². The smallest absolute Gasteiger partial charge is 0.306 e. The minimum absolute atomic E-state index is 0.0671. The second kappa shape index (κ2) is 42.8. The van der Waals surface area contributed by atoms with Crippen LogP contribution in [0, 0.1) is 0 Å². The standard InChI is InChI=1S/C46H86O5/c1-3-5-7-9-11-13-15-17-18-19-20-21-22-23-24-25-26-27-29-30-32-34-36-38-40-45(48)50-43-44(42-47)51-46(49)41-39-37-35-33-31-28-16-14-12-10-8-6-4-2/h8,10,14,16,44,47H,3-7,9,11-13,15,17-43H2,1-2H3/b10-8-,16-14-. The van der Waals surface area contributed by atoms with E-state index in [0.717, 1.165) is 57.8 Å². The molecule has 0 radical (unpaired) electrons. The maximum Gasteiger partial charge on any atom is 0.306 e. The molecule has 1 unspecified atom stereocenters. The summed E-state index contributed by atoms with van der Waals surface area (Å²) in [6.07, 6.45) is 51.2. The number of esters is 2. The van der Waals surface area contributed by atoms with Crippen LogP contribution >= 0.6 is 0 Å². The van der Waals surface area contributed by atoms with Gasteiger partial charge in [0.1, 0.15) is 6.61 Å². The monoisotopic (exact) mass is 719 g/mol. The molecule has 0 aromatic rings. The second-order valence-corrected chi connectivity index (χ2v) is 15.1. The molecule has 0 aliphatic carbocycles. The van der Waals surface area contributed by atoms with Crippen molar-refractivity contribution in [3.05, 3.63) is 24.3 Å². The van der Waals surface area contributed by atoms with Crippen molar-refractivity contribution in [2.45, 2.75) is 245 Å². The fraction of sp³-hybridized carbons (Fsp3) is 0.870. The predicted octanol–water partition coefficient (Wildman–Crippen LogP) is 14.2. The highest BCUT2D eigenvalue weighted by atomic mass is 16.6. The molecule has 0 rings (SSSR count). The van der Waals surface area contributed by atoms with Crippen LogP contribution in [0.5, 0.6) is 0 Å². The van der Waals surface area contributed by atoms with Crippen molar-refractivity contribution in [1.82, 2.24) is 0 Å². The van der Waals surface area contributed by atoms with Crippen LogP contribution in [-0.4, -0.2) is 36.4 Å². The molecule has 5 nitrogen and oxygen atoms in total. The molecule has 0 aromatic heterocycles. The Labute approximate surface area is 317 Å². The number of carbonyl (C=O) groups excluding carboxylic acids is 2. The van der Waals surface area contributed by atoms with Crippen LogP contribution in [0.15, 0.2) is 24.3 Å². The molecule has 0 saturated heterocycles. The quantitative estimate of drug-likeness (QED) is 0.0387. The summed E-state index contributed by atoms with van der Waals surface area (Å²) in [5.74, 6) is -0.597. The Kier molecular flexibility index (Phi) is 41.4. The van der Waals surface area contributed by atoms with Crippen molar-refractivity contribution in [2.75, 3.05) is 13.2 Å². The van der Waals surface area contributed by atoms with Crippen LogP contribution in [0.2, 0.25) is 0 Å². The molecule has 1 N–H and O–H groups in total. The van der Waals surface area contributed by atoms with Crippen LogP contribution < -0.4 is 0 Å². The lowest BCUT2D eigenvalue weighted by Gasteiger charge is -2.15. The van der Waals surface area contributed by atoms with Gasteiger partial charge < -0.3 is 14.6 Å². The van der Waals surface area contributed by atoms with Gasteiger partial charge in [0.25, 0.3) is 0 Å². The molecule has 0 fully saturated rings. The number of ether oxygens (including phenoxy) is 2. The number of allylic oxidation sites excluding steroid dienone is 4. The lowest BCUT2D eigenvalue weighted by molar-refractivity contribution is -0.161. The SMILES string of the molecule is CCC/C=C\C/C=C\CCCCCCCC(=O)OC(CO)COC(=O)CCCCCCCCCCCCCCCCCCCCCCCCCC. The van der Waals surface area contributed by atoms with E-state index in [1.54, 1.807) is 0 Å². The second-order valence-electron chi connectivity index (χ2n) is 15.1. The van der Waals surface area contributed by atoms with Gasteiger partial charge in [0.2, 0.25) is 0 Å². The zero-order valence-corrected chi connectivity index (χ0v) is 34.1. The van der Waals surface area contributed by atoms with E-state index in [-0.39, 0.29) is 25.2 Å². The Hall–Kier alpha value is -1.62. The summed E-state index contributed by atoms with van der Waals surface area (Å²) in [6.45, 7) is 4.09.